The van der Waals surface area contributed by atoms with Crippen LogP contribution in [-0.2, 0) is 9.84 Å². The van der Waals surface area contributed by atoms with E-state index in [0.717, 1.165) is 5.75 Å². The number of carbonyl (C=O) groups is 1. The molecular formula is C18H27NO4S. The van der Waals surface area contributed by atoms with Gasteiger partial charge in [-0.15, -0.1) is 0 Å². The second-order valence-electron chi connectivity index (χ2n) is 7.10. The zero-order valence-corrected chi connectivity index (χ0v) is 15.7. The summed E-state index contributed by atoms with van der Waals surface area (Å²) in [6, 6.07) is 6.84. The van der Waals surface area contributed by atoms with Crippen molar-refractivity contribution in [3.05, 3.63) is 29.8 Å². The Hall–Kier alpha value is -1.56. The number of hydrogen-bond donors (Lipinski definition) is 0. The average Bonchev–Trinajstić information content (AvgIpc) is 2.84. The number of amides is 1. The summed E-state index contributed by atoms with van der Waals surface area (Å²) < 4.78 is 29.2. The van der Waals surface area contributed by atoms with Crippen LogP contribution in [0.4, 0.5) is 0 Å². The number of hydrogen-bond acceptors (Lipinski definition) is 4. The van der Waals surface area contributed by atoms with Gasteiger partial charge in [0.1, 0.15) is 5.75 Å². The molecule has 1 saturated heterocycles. The van der Waals surface area contributed by atoms with Crippen molar-refractivity contribution in [3.8, 4) is 5.75 Å². The average molecular weight is 353 g/mol. The van der Waals surface area contributed by atoms with Crippen molar-refractivity contribution in [1.82, 2.24) is 4.90 Å². The van der Waals surface area contributed by atoms with Gasteiger partial charge in [0.15, 0.2) is 9.84 Å². The predicted molar refractivity (Wildman–Crippen MR) is 95.1 cm³/mol. The molecule has 2 rings (SSSR count). The summed E-state index contributed by atoms with van der Waals surface area (Å²) in [7, 11) is -3.03. The summed E-state index contributed by atoms with van der Waals surface area (Å²) in [4.78, 5) is 14.6. The Kier molecular flexibility index (Phi) is 5.91. The highest BCUT2D eigenvalue weighted by atomic mass is 32.2. The third kappa shape index (κ3) is 4.97. The van der Waals surface area contributed by atoms with Crippen molar-refractivity contribution in [3.63, 3.8) is 0 Å². The van der Waals surface area contributed by atoms with Crippen molar-refractivity contribution in [1.29, 1.82) is 0 Å². The second-order valence-corrected chi connectivity index (χ2v) is 9.33. The van der Waals surface area contributed by atoms with Gasteiger partial charge in [0.25, 0.3) is 5.91 Å². The smallest absolute Gasteiger partial charge is 0.254 e. The molecule has 0 bridgehead atoms. The number of sulfone groups is 1. The SMILES string of the molecule is CC(C)CN(C(=O)c1ccc(OC(C)C)cc1)[C@@H]1CCS(=O)(=O)C1. The quantitative estimate of drug-likeness (QED) is 0.789. The van der Waals surface area contributed by atoms with Gasteiger partial charge in [0, 0.05) is 18.2 Å². The summed E-state index contributed by atoms with van der Waals surface area (Å²) in [6.45, 7) is 8.52. The highest BCUT2D eigenvalue weighted by molar-refractivity contribution is 7.91. The molecular weight excluding hydrogens is 326 g/mol. The highest BCUT2D eigenvalue weighted by Crippen LogP contribution is 2.22. The first-order chi connectivity index (χ1) is 11.2. The van der Waals surface area contributed by atoms with Crippen LogP contribution < -0.4 is 4.74 Å². The van der Waals surface area contributed by atoms with Gasteiger partial charge in [-0.3, -0.25) is 4.79 Å². The molecule has 0 aromatic heterocycles. The first kappa shape index (κ1) is 18.8. The Morgan fingerprint density at radius 1 is 1.21 bits per heavy atom. The van der Waals surface area contributed by atoms with Crippen LogP contribution >= 0.6 is 0 Å². The van der Waals surface area contributed by atoms with Crippen LogP contribution in [0.25, 0.3) is 0 Å². The molecule has 1 atom stereocenters. The number of benzene rings is 1. The molecule has 0 aliphatic carbocycles. The van der Waals surface area contributed by atoms with Crippen molar-refractivity contribution >= 4 is 15.7 Å². The van der Waals surface area contributed by atoms with E-state index in [9.17, 15) is 13.2 Å². The Morgan fingerprint density at radius 2 is 1.83 bits per heavy atom. The van der Waals surface area contributed by atoms with E-state index in [4.69, 9.17) is 4.74 Å². The van der Waals surface area contributed by atoms with Crippen molar-refractivity contribution in [2.24, 2.45) is 5.92 Å². The van der Waals surface area contributed by atoms with E-state index in [1.165, 1.54) is 0 Å². The predicted octanol–water partition coefficient (Wildman–Crippen LogP) is 2.76. The Morgan fingerprint density at radius 3 is 2.29 bits per heavy atom. The molecule has 6 heteroatoms. The number of ether oxygens (including phenoxy) is 1. The summed E-state index contributed by atoms with van der Waals surface area (Å²) in [5, 5.41) is 0. The van der Waals surface area contributed by atoms with Crippen molar-refractivity contribution in [2.75, 3.05) is 18.1 Å². The van der Waals surface area contributed by atoms with Crippen molar-refractivity contribution in [2.45, 2.75) is 46.3 Å². The molecule has 1 amide bonds. The zero-order chi connectivity index (χ0) is 17.9. The Bertz CT molecular complexity index is 665. The molecule has 1 aromatic carbocycles. The van der Waals surface area contributed by atoms with Crippen LogP contribution in [0.3, 0.4) is 0 Å². The standard InChI is InChI=1S/C18H27NO4S/c1-13(2)11-19(16-9-10-24(21,22)12-16)18(20)15-5-7-17(8-6-15)23-14(3)4/h5-8,13-14,16H,9-12H2,1-4H3/t16-/m1/s1. The lowest BCUT2D eigenvalue weighted by atomic mass is 10.1. The fourth-order valence-electron chi connectivity index (χ4n) is 2.93. The van der Waals surface area contributed by atoms with Crippen LogP contribution in [0, 0.1) is 5.92 Å². The molecule has 0 radical (unpaired) electrons. The van der Waals surface area contributed by atoms with Gasteiger partial charge in [0.2, 0.25) is 0 Å². The molecule has 0 spiro atoms. The van der Waals surface area contributed by atoms with Gasteiger partial charge in [-0.25, -0.2) is 8.42 Å². The minimum absolute atomic E-state index is 0.0694. The lowest BCUT2D eigenvalue weighted by molar-refractivity contribution is 0.0672. The lowest BCUT2D eigenvalue weighted by Crippen LogP contribution is -2.43. The van der Waals surface area contributed by atoms with Gasteiger partial charge in [-0.2, -0.15) is 0 Å². The van der Waals surface area contributed by atoms with E-state index in [2.05, 4.69) is 0 Å². The van der Waals surface area contributed by atoms with Gasteiger partial charge < -0.3 is 9.64 Å². The zero-order valence-electron chi connectivity index (χ0n) is 14.9. The van der Waals surface area contributed by atoms with Gasteiger partial charge in [-0.05, 0) is 50.5 Å². The maximum atomic E-state index is 12.9. The molecule has 1 heterocycles. The van der Waals surface area contributed by atoms with Crippen LogP contribution in [0.2, 0.25) is 0 Å². The molecule has 1 fully saturated rings. The topological polar surface area (TPSA) is 63.7 Å². The first-order valence-corrected chi connectivity index (χ1v) is 10.3. The molecule has 24 heavy (non-hydrogen) atoms. The second kappa shape index (κ2) is 7.55. The number of nitrogens with zero attached hydrogens (tertiary/aromatic N) is 1. The fourth-order valence-corrected chi connectivity index (χ4v) is 4.66. The minimum atomic E-state index is -3.03. The van der Waals surface area contributed by atoms with E-state index >= 15 is 0 Å². The third-order valence-corrected chi connectivity index (χ3v) is 5.70. The molecule has 0 N–H and O–H groups in total. The normalized spacial score (nSPS) is 19.7. The maximum Gasteiger partial charge on any atom is 0.254 e. The molecule has 0 saturated carbocycles. The van der Waals surface area contributed by atoms with Crippen LogP contribution in [0.15, 0.2) is 24.3 Å². The van der Waals surface area contributed by atoms with Gasteiger partial charge in [-0.1, -0.05) is 13.8 Å². The number of carbonyl (C=O) groups excluding carboxylic acids is 1. The molecule has 1 aliphatic heterocycles. The largest absolute Gasteiger partial charge is 0.491 e. The maximum absolute atomic E-state index is 12.9. The molecule has 5 nitrogen and oxygen atoms in total. The summed E-state index contributed by atoms with van der Waals surface area (Å²) in [6.07, 6.45) is 0.600. The lowest BCUT2D eigenvalue weighted by Gasteiger charge is -2.30. The fraction of sp³-hybridized carbons (Fsp3) is 0.611. The highest BCUT2D eigenvalue weighted by Gasteiger charge is 2.35. The summed E-state index contributed by atoms with van der Waals surface area (Å²) in [5.74, 6) is 1.13. The van der Waals surface area contributed by atoms with Crippen molar-refractivity contribution < 1.29 is 17.9 Å². The van der Waals surface area contributed by atoms with E-state index in [1.54, 1.807) is 29.2 Å². The van der Waals surface area contributed by atoms with E-state index in [-0.39, 0.29) is 35.5 Å². The van der Waals surface area contributed by atoms with Crippen LogP contribution in [0.5, 0.6) is 5.75 Å². The van der Waals surface area contributed by atoms with E-state index in [1.807, 2.05) is 27.7 Å². The van der Waals surface area contributed by atoms with Crippen LogP contribution in [0.1, 0.15) is 44.5 Å². The minimum Gasteiger partial charge on any atom is -0.491 e. The monoisotopic (exact) mass is 353 g/mol. The molecule has 0 unspecified atom stereocenters. The number of rotatable bonds is 6. The van der Waals surface area contributed by atoms with E-state index < -0.39 is 9.84 Å². The van der Waals surface area contributed by atoms with Gasteiger partial charge in [0.05, 0.1) is 17.6 Å². The first-order valence-electron chi connectivity index (χ1n) is 8.46. The molecule has 1 aliphatic rings. The summed E-state index contributed by atoms with van der Waals surface area (Å²) >= 11 is 0. The Labute approximate surface area is 144 Å². The van der Waals surface area contributed by atoms with Gasteiger partial charge >= 0.3 is 0 Å². The van der Waals surface area contributed by atoms with E-state index in [0.29, 0.717) is 18.5 Å². The third-order valence-electron chi connectivity index (χ3n) is 3.94. The van der Waals surface area contributed by atoms with Crippen LogP contribution in [-0.4, -0.2) is 49.4 Å². The molecule has 134 valence electrons. The molecule has 1 aromatic rings. The summed E-state index contributed by atoms with van der Waals surface area (Å²) in [5.41, 5.74) is 0.566. The Balaban J connectivity index is 2.18.